The third-order valence-corrected chi connectivity index (χ3v) is 3.83. The van der Waals surface area contributed by atoms with Crippen molar-refractivity contribution in [3.8, 4) is 0 Å². The summed E-state index contributed by atoms with van der Waals surface area (Å²) in [6.45, 7) is 1.65. The minimum absolute atomic E-state index is 0.0974. The van der Waals surface area contributed by atoms with Gasteiger partial charge in [0.1, 0.15) is 0 Å². The van der Waals surface area contributed by atoms with E-state index in [0.29, 0.717) is 10.9 Å². The molecule has 1 saturated heterocycles. The number of halogens is 2. The number of aromatic nitrogens is 1. The van der Waals surface area contributed by atoms with Gasteiger partial charge in [0.2, 0.25) is 0 Å². The SMILES string of the molecule is Clc1cnccc1CC(Cl)C1CCCOC1. The van der Waals surface area contributed by atoms with Gasteiger partial charge in [-0.05, 0) is 36.8 Å². The largest absolute Gasteiger partial charge is 0.381 e. The van der Waals surface area contributed by atoms with Crippen LogP contribution >= 0.6 is 23.2 Å². The lowest BCUT2D eigenvalue weighted by molar-refractivity contribution is 0.0533. The summed E-state index contributed by atoms with van der Waals surface area (Å²) in [5, 5.41) is 0.796. The fraction of sp³-hybridized carbons (Fsp3) is 0.583. The fourth-order valence-electron chi connectivity index (χ4n) is 2.00. The maximum atomic E-state index is 6.41. The van der Waals surface area contributed by atoms with Gasteiger partial charge >= 0.3 is 0 Å². The molecular weight excluding hydrogens is 245 g/mol. The highest BCUT2D eigenvalue weighted by Gasteiger charge is 2.23. The highest BCUT2D eigenvalue weighted by molar-refractivity contribution is 6.31. The molecule has 2 rings (SSSR count). The van der Waals surface area contributed by atoms with Crippen LogP contribution in [0.1, 0.15) is 18.4 Å². The van der Waals surface area contributed by atoms with E-state index in [9.17, 15) is 0 Å². The van der Waals surface area contributed by atoms with Crippen molar-refractivity contribution in [3.05, 3.63) is 29.0 Å². The molecule has 1 aromatic rings. The van der Waals surface area contributed by atoms with Gasteiger partial charge in [-0.3, -0.25) is 4.98 Å². The molecule has 2 atom stereocenters. The van der Waals surface area contributed by atoms with E-state index in [-0.39, 0.29) is 5.38 Å². The number of rotatable bonds is 3. The van der Waals surface area contributed by atoms with Crippen LogP contribution in [0.25, 0.3) is 0 Å². The van der Waals surface area contributed by atoms with Crippen LogP contribution in [0, 0.1) is 5.92 Å². The van der Waals surface area contributed by atoms with Crippen molar-refractivity contribution in [2.45, 2.75) is 24.6 Å². The van der Waals surface area contributed by atoms with Gasteiger partial charge in [0.15, 0.2) is 0 Å². The standard InChI is InChI=1S/C12H15Cl2NO/c13-11(10-2-1-5-16-8-10)6-9-3-4-15-7-12(9)14/h3-4,7,10-11H,1-2,5-6,8H2. The summed E-state index contributed by atoms with van der Waals surface area (Å²) in [5.41, 5.74) is 1.07. The summed E-state index contributed by atoms with van der Waals surface area (Å²) < 4.78 is 5.44. The van der Waals surface area contributed by atoms with Crippen LogP contribution < -0.4 is 0 Å². The van der Waals surface area contributed by atoms with E-state index in [2.05, 4.69) is 4.98 Å². The third-order valence-electron chi connectivity index (χ3n) is 2.98. The van der Waals surface area contributed by atoms with Crippen LogP contribution in [0.5, 0.6) is 0 Å². The zero-order valence-electron chi connectivity index (χ0n) is 9.03. The van der Waals surface area contributed by atoms with Gasteiger partial charge in [-0.25, -0.2) is 0 Å². The molecule has 0 bridgehead atoms. The number of hydrogen-bond acceptors (Lipinski definition) is 2. The number of pyridine rings is 1. The quantitative estimate of drug-likeness (QED) is 0.778. The number of nitrogens with zero attached hydrogens (tertiary/aromatic N) is 1. The van der Waals surface area contributed by atoms with Gasteiger partial charge in [0, 0.05) is 24.4 Å². The Morgan fingerprint density at radius 3 is 3.12 bits per heavy atom. The predicted molar refractivity (Wildman–Crippen MR) is 66.1 cm³/mol. The summed E-state index contributed by atoms with van der Waals surface area (Å²) in [6.07, 6.45) is 6.46. The molecule has 0 aliphatic carbocycles. The second kappa shape index (κ2) is 5.85. The Labute approximate surface area is 106 Å². The van der Waals surface area contributed by atoms with E-state index in [1.165, 1.54) is 0 Å². The van der Waals surface area contributed by atoms with Crippen molar-refractivity contribution in [3.63, 3.8) is 0 Å². The van der Waals surface area contributed by atoms with Crippen molar-refractivity contribution < 1.29 is 4.74 Å². The lowest BCUT2D eigenvalue weighted by atomic mass is 9.94. The molecule has 1 fully saturated rings. The topological polar surface area (TPSA) is 22.1 Å². The Morgan fingerprint density at radius 1 is 1.56 bits per heavy atom. The van der Waals surface area contributed by atoms with Crippen LogP contribution in [0.2, 0.25) is 5.02 Å². The molecule has 0 saturated carbocycles. The maximum absolute atomic E-state index is 6.41. The van der Waals surface area contributed by atoms with Gasteiger partial charge in [0.25, 0.3) is 0 Å². The van der Waals surface area contributed by atoms with Gasteiger partial charge in [0.05, 0.1) is 11.6 Å². The monoisotopic (exact) mass is 259 g/mol. The van der Waals surface area contributed by atoms with Crippen molar-refractivity contribution in [1.82, 2.24) is 4.98 Å². The molecule has 0 amide bonds. The van der Waals surface area contributed by atoms with Crippen LogP contribution in [0.3, 0.4) is 0 Å². The van der Waals surface area contributed by atoms with E-state index < -0.39 is 0 Å². The minimum atomic E-state index is 0.0974. The van der Waals surface area contributed by atoms with E-state index in [0.717, 1.165) is 38.0 Å². The van der Waals surface area contributed by atoms with E-state index >= 15 is 0 Å². The molecule has 1 aromatic heterocycles. The van der Waals surface area contributed by atoms with Crippen molar-refractivity contribution in [1.29, 1.82) is 0 Å². The molecule has 2 heterocycles. The van der Waals surface area contributed by atoms with Gasteiger partial charge < -0.3 is 4.74 Å². The molecule has 1 aliphatic heterocycles. The second-order valence-corrected chi connectivity index (χ2v) is 5.13. The summed E-state index contributed by atoms with van der Waals surface area (Å²) in [7, 11) is 0. The van der Waals surface area contributed by atoms with Gasteiger partial charge in [-0.1, -0.05) is 11.6 Å². The Hall–Kier alpha value is -0.310. The molecule has 88 valence electrons. The normalized spacial score (nSPS) is 23.0. The Bertz CT molecular complexity index is 340. The zero-order valence-corrected chi connectivity index (χ0v) is 10.5. The van der Waals surface area contributed by atoms with E-state index in [1.54, 1.807) is 12.4 Å². The summed E-state index contributed by atoms with van der Waals surface area (Å²) in [5.74, 6) is 0.444. The first kappa shape index (κ1) is 12.2. The first-order chi connectivity index (χ1) is 7.77. The minimum Gasteiger partial charge on any atom is -0.381 e. The van der Waals surface area contributed by atoms with Gasteiger partial charge in [-0.15, -0.1) is 11.6 Å². The lowest BCUT2D eigenvalue weighted by Crippen LogP contribution is -2.27. The second-order valence-electron chi connectivity index (χ2n) is 4.16. The van der Waals surface area contributed by atoms with E-state index in [1.807, 2.05) is 6.07 Å². The number of hydrogen-bond donors (Lipinski definition) is 0. The van der Waals surface area contributed by atoms with E-state index in [4.69, 9.17) is 27.9 Å². The Kier molecular flexibility index (Phi) is 4.45. The molecule has 2 nitrogen and oxygen atoms in total. The molecule has 0 N–H and O–H groups in total. The molecule has 16 heavy (non-hydrogen) atoms. The molecule has 4 heteroatoms. The van der Waals surface area contributed by atoms with Gasteiger partial charge in [-0.2, -0.15) is 0 Å². The molecule has 2 unspecified atom stereocenters. The smallest absolute Gasteiger partial charge is 0.0621 e. The summed E-state index contributed by atoms with van der Waals surface area (Å²) in [4.78, 5) is 3.97. The van der Waals surface area contributed by atoms with Crippen molar-refractivity contribution >= 4 is 23.2 Å². The van der Waals surface area contributed by atoms with Crippen molar-refractivity contribution in [2.24, 2.45) is 5.92 Å². The van der Waals surface area contributed by atoms with Crippen LogP contribution in [0.4, 0.5) is 0 Å². The maximum Gasteiger partial charge on any atom is 0.0621 e. The Morgan fingerprint density at radius 2 is 2.44 bits per heavy atom. The highest BCUT2D eigenvalue weighted by Crippen LogP contribution is 2.26. The first-order valence-electron chi connectivity index (χ1n) is 5.57. The summed E-state index contributed by atoms with van der Waals surface area (Å²) >= 11 is 12.5. The molecular formula is C12H15Cl2NO. The molecule has 0 spiro atoms. The number of ether oxygens (including phenoxy) is 1. The number of alkyl halides is 1. The molecule has 1 aliphatic rings. The van der Waals surface area contributed by atoms with Crippen LogP contribution in [0.15, 0.2) is 18.5 Å². The highest BCUT2D eigenvalue weighted by atomic mass is 35.5. The summed E-state index contributed by atoms with van der Waals surface area (Å²) in [6, 6.07) is 1.93. The fourth-order valence-corrected chi connectivity index (χ4v) is 2.56. The average Bonchev–Trinajstić information content (AvgIpc) is 2.33. The average molecular weight is 260 g/mol. The Balaban J connectivity index is 1.96. The molecule has 0 aromatic carbocycles. The predicted octanol–water partition coefficient (Wildman–Crippen LogP) is 3.31. The van der Waals surface area contributed by atoms with Crippen LogP contribution in [-0.2, 0) is 11.2 Å². The molecule has 0 radical (unpaired) electrons. The zero-order chi connectivity index (χ0) is 11.4. The first-order valence-corrected chi connectivity index (χ1v) is 6.39. The third kappa shape index (κ3) is 3.09. The lowest BCUT2D eigenvalue weighted by Gasteiger charge is -2.26. The van der Waals surface area contributed by atoms with Crippen molar-refractivity contribution in [2.75, 3.05) is 13.2 Å². The van der Waals surface area contributed by atoms with Crippen LogP contribution in [-0.4, -0.2) is 23.6 Å².